The summed E-state index contributed by atoms with van der Waals surface area (Å²) in [4.78, 5) is 11.0. The van der Waals surface area contributed by atoms with Crippen molar-refractivity contribution >= 4 is 23.4 Å². The summed E-state index contributed by atoms with van der Waals surface area (Å²) < 4.78 is 10.6. The molecule has 188 valence electrons. The Labute approximate surface area is 216 Å². The van der Waals surface area contributed by atoms with Crippen LogP contribution >= 0.6 is 11.6 Å². The molecule has 3 aromatic rings. The molecule has 0 amide bonds. The summed E-state index contributed by atoms with van der Waals surface area (Å²) in [6, 6.07) is 15.8. The molecule has 0 fully saturated rings. The molecule has 0 aliphatic heterocycles. The van der Waals surface area contributed by atoms with Crippen LogP contribution in [0.5, 0.6) is 11.5 Å². The van der Waals surface area contributed by atoms with Crippen LogP contribution in [0.15, 0.2) is 72.8 Å². The minimum atomic E-state index is -0.937. The summed E-state index contributed by atoms with van der Waals surface area (Å²) in [6.45, 7) is 1.12. The fourth-order valence-electron chi connectivity index (χ4n) is 4.23. The molecule has 0 spiro atoms. The zero-order valence-corrected chi connectivity index (χ0v) is 21.3. The molecule has 1 atom stereocenters. The van der Waals surface area contributed by atoms with Crippen molar-refractivity contribution in [1.82, 2.24) is 9.97 Å². The van der Waals surface area contributed by atoms with Crippen LogP contribution in [0.4, 0.5) is 11.8 Å². The second-order valence-corrected chi connectivity index (χ2v) is 9.18. The second-order valence-electron chi connectivity index (χ2n) is 8.82. The third-order valence-electron chi connectivity index (χ3n) is 6.25. The third-order valence-corrected chi connectivity index (χ3v) is 6.56. The van der Waals surface area contributed by atoms with E-state index in [1.807, 2.05) is 72.8 Å². The van der Waals surface area contributed by atoms with E-state index in [-0.39, 0.29) is 5.95 Å². The van der Waals surface area contributed by atoms with Gasteiger partial charge >= 0.3 is 0 Å². The second kappa shape index (κ2) is 11.5. The van der Waals surface area contributed by atoms with E-state index in [4.69, 9.17) is 26.8 Å². The van der Waals surface area contributed by atoms with Gasteiger partial charge in [-0.2, -0.15) is 4.98 Å². The van der Waals surface area contributed by atoms with E-state index in [1.165, 1.54) is 0 Å². The predicted octanol–water partition coefficient (Wildman–Crippen LogP) is 5.12. The Morgan fingerprint density at radius 3 is 2.03 bits per heavy atom. The van der Waals surface area contributed by atoms with Crippen LogP contribution in [-0.2, 0) is 19.5 Å². The lowest BCUT2D eigenvalue weighted by Gasteiger charge is -2.29. The number of hydrogen-bond donors (Lipinski definition) is 2. The first kappa shape index (κ1) is 25.5. The molecule has 1 unspecified atom stereocenters. The van der Waals surface area contributed by atoms with E-state index in [2.05, 4.69) is 14.9 Å². The Morgan fingerprint density at radius 2 is 1.53 bits per heavy atom. The molecule has 0 bridgehead atoms. The molecule has 0 radical (unpaired) electrons. The highest BCUT2D eigenvalue weighted by Crippen LogP contribution is 2.32. The van der Waals surface area contributed by atoms with Gasteiger partial charge in [-0.05, 0) is 54.7 Å². The number of rotatable bonds is 10. The topological polar surface area (TPSA) is 93.7 Å². The van der Waals surface area contributed by atoms with E-state index < -0.39 is 5.60 Å². The van der Waals surface area contributed by atoms with Crippen molar-refractivity contribution in [2.75, 3.05) is 24.9 Å². The number of aromatic nitrogens is 2. The van der Waals surface area contributed by atoms with Crippen molar-refractivity contribution in [1.29, 1.82) is 0 Å². The number of nitrogen functional groups attached to an aromatic ring is 1. The van der Waals surface area contributed by atoms with Crippen LogP contribution in [0.1, 0.15) is 29.5 Å². The van der Waals surface area contributed by atoms with Crippen molar-refractivity contribution in [3.05, 3.63) is 94.7 Å². The number of ether oxygens (including phenoxy) is 2. The molecular formula is C28H31ClN4O3. The highest BCUT2D eigenvalue weighted by Gasteiger charge is 2.26. The molecule has 2 aromatic carbocycles. The summed E-state index contributed by atoms with van der Waals surface area (Å²) in [7, 11) is 3.29. The number of aliphatic hydroxyl groups is 1. The minimum absolute atomic E-state index is 0.104. The summed E-state index contributed by atoms with van der Waals surface area (Å²) in [6.07, 6.45) is 9.11. The normalized spacial score (nSPS) is 16.7. The highest BCUT2D eigenvalue weighted by molar-refractivity contribution is 6.30. The van der Waals surface area contributed by atoms with Gasteiger partial charge in [-0.1, -0.05) is 60.2 Å². The number of halogens is 1. The minimum Gasteiger partial charge on any atom is -0.497 e. The maximum Gasteiger partial charge on any atom is 0.223 e. The molecule has 1 aliphatic rings. The first-order valence-electron chi connectivity index (χ1n) is 11.8. The van der Waals surface area contributed by atoms with Crippen LogP contribution in [-0.4, -0.2) is 34.9 Å². The maximum atomic E-state index is 11.0. The standard InChI is InChI=1S/C28H31ClN4O3/c1-35-22-10-6-20(7-11-22)18-33(19-21-8-12-23(36-2)13-9-21)26-24(25(29)31-27(30)32-26)14-17-28(34)15-4-3-5-16-28/h3-13,15,34H,14,16-19H2,1-2H3,(H2,30,31,32). The van der Waals surface area contributed by atoms with Gasteiger partial charge in [0.25, 0.3) is 0 Å². The Hall–Kier alpha value is -3.55. The van der Waals surface area contributed by atoms with E-state index in [9.17, 15) is 5.11 Å². The van der Waals surface area contributed by atoms with Crippen LogP contribution in [0.3, 0.4) is 0 Å². The molecule has 7 nitrogen and oxygen atoms in total. The molecule has 36 heavy (non-hydrogen) atoms. The maximum absolute atomic E-state index is 11.0. The molecule has 1 aromatic heterocycles. The number of nitrogens with zero attached hydrogens (tertiary/aromatic N) is 3. The molecule has 8 heteroatoms. The number of nitrogens with two attached hydrogens (primary N) is 1. The Balaban J connectivity index is 1.68. The lowest BCUT2D eigenvalue weighted by molar-refractivity contribution is 0.0838. The summed E-state index contributed by atoms with van der Waals surface area (Å²) in [5.74, 6) is 2.34. The average Bonchev–Trinajstić information content (AvgIpc) is 2.88. The SMILES string of the molecule is COc1ccc(CN(Cc2ccc(OC)cc2)c2nc(N)nc(Cl)c2CCC2(O)C=CC=CC2)cc1. The van der Waals surface area contributed by atoms with Crippen molar-refractivity contribution < 1.29 is 14.6 Å². The van der Waals surface area contributed by atoms with Crippen molar-refractivity contribution in [2.24, 2.45) is 0 Å². The van der Waals surface area contributed by atoms with Crippen LogP contribution in [0, 0.1) is 0 Å². The van der Waals surface area contributed by atoms with Gasteiger partial charge in [0.05, 0.1) is 19.8 Å². The summed E-state index contributed by atoms with van der Waals surface area (Å²) >= 11 is 6.62. The number of allylic oxidation sites excluding steroid dienone is 2. The molecule has 4 rings (SSSR count). The van der Waals surface area contributed by atoms with Gasteiger partial charge in [0, 0.05) is 18.7 Å². The van der Waals surface area contributed by atoms with Crippen molar-refractivity contribution in [3.63, 3.8) is 0 Å². The first-order valence-corrected chi connectivity index (χ1v) is 12.2. The largest absolute Gasteiger partial charge is 0.497 e. The zero-order valence-electron chi connectivity index (χ0n) is 20.5. The van der Waals surface area contributed by atoms with Crippen LogP contribution < -0.4 is 20.1 Å². The molecule has 1 heterocycles. The lowest BCUT2D eigenvalue weighted by Crippen LogP contribution is -2.29. The van der Waals surface area contributed by atoms with Gasteiger partial charge in [0.1, 0.15) is 22.5 Å². The van der Waals surface area contributed by atoms with E-state index >= 15 is 0 Å². The summed E-state index contributed by atoms with van der Waals surface area (Å²) in [5, 5.41) is 11.3. The van der Waals surface area contributed by atoms with Gasteiger partial charge in [0.2, 0.25) is 5.95 Å². The number of hydrogen-bond acceptors (Lipinski definition) is 7. The van der Waals surface area contributed by atoms with E-state index in [0.717, 1.165) is 28.2 Å². The molecule has 0 saturated carbocycles. The number of methoxy groups -OCH3 is 2. The lowest BCUT2D eigenvalue weighted by atomic mass is 9.89. The average molecular weight is 507 g/mol. The predicted molar refractivity (Wildman–Crippen MR) is 143 cm³/mol. The molecule has 0 saturated heterocycles. The van der Waals surface area contributed by atoms with Gasteiger partial charge in [-0.15, -0.1) is 0 Å². The monoisotopic (exact) mass is 506 g/mol. The zero-order chi connectivity index (χ0) is 25.5. The third kappa shape index (κ3) is 6.36. The van der Waals surface area contributed by atoms with Crippen molar-refractivity contribution in [3.8, 4) is 11.5 Å². The smallest absolute Gasteiger partial charge is 0.223 e. The highest BCUT2D eigenvalue weighted by atomic mass is 35.5. The Bertz CT molecular complexity index is 1180. The number of anilines is 2. The van der Waals surface area contributed by atoms with E-state index in [0.29, 0.717) is 43.3 Å². The molecular weight excluding hydrogens is 476 g/mol. The van der Waals surface area contributed by atoms with Gasteiger partial charge in [-0.3, -0.25) is 0 Å². The fourth-order valence-corrected chi connectivity index (χ4v) is 4.49. The number of benzene rings is 2. The summed E-state index contributed by atoms with van der Waals surface area (Å²) in [5.41, 5.74) is 8.02. The van der Waals surface area contributed by atoms with Crippen LogP contribution in [0.25, 0.3) is 0 Å². The Morgan fingerprint density at radius 1 is 0.944 bits per heavy atom. The molecule has 1 aliphatic carbocycles. The van der Waals surface area contributed by atoms with Crippen molar-refractivity contribution in [2.45, 2.75) is 38.0 Å². The van der Waals surface area contributed by atoms with Crippen LogP contribution in [0.2, 0.25) is 5.15 Å². The van der Waals surface area contributed by atoms with Gasteiger partial charge in [0.15, 0.2) is 0 Å². The molecule has 3 N–H and O–H groups in total. The first-order chi connectivity index (χ1) is 17.4. The van der Waals surface area contributed by atoms with Gasteiger partial charge < -0.3 is 25.2 Å². The quantitative estimate of drug-likeness (QED) is 0.369. The van der Waals surface area contributed by atoms with Gasteiger partial charge in [-0.25, -0.2) is 4.98 Å². The van der Waals surface area contributed by atoms with E-state index in [1.54, 1.807) is 14.2 Å². The Kier molecular flexibility index (Phi) is 8.13. The fraction of sp³-hybridized carbons (Fsp3) is 0.286.